The van der Waals surface area contributed by atoms with E-state index in [1.54, 1.807) is 23.9 Å². The lowest BCUT2D eigenvalue weighted by molar-refractivity contribution is 1.19. The number of nitrogens with zero attached hydrogens (tertiary/aromatic N) is 3. The molecule has 0 unspecified atom stereocenters. The van der Waals surface area contributed by atoms with Crippen LogP contribution in [0, 0.1) is 0 Å². The lowest BCUT2D eigenvalue weighted by atomic mass is 10.1. The Labute approximate surface area is 139 Å². The minimum absolute atomic E-state index is 0.740. The maximum atomic E-state index is 4.36. The molecule has 3 aromatic rings. The number of allylic oxidation sites excluding steroid dienone is 2. The van der Waals surface area contributed by atoms with Crippen molar-refractivity contribution in [3.63, 3.8) is 0 Å². The highest BCUT2D eigenvalue weighted by molar-refractivity contribution is 7.18. The van der Waals surface area contributed by atoms with E-state index in [0.717, 1.165) is 22.5 Å². The second-order valence-corrected chi connectivity index (χ2v) is 6.57. The molecule has 0 saturated heterocycles. The molecule has 0 amide bonds. The van der Waals surface area contributed by atoms with Gasteiger partial charge in [-0.2, -0.15) is 5.10 Å². The Morgan fingerprint density at radius 3 is 2.83 bits per heavy atom. The average Bonchev–Trinajstić information content (AvgIpc) is 2.95. The molecule has 0 spiro atoms. The number of hydrogen-bond donors (Lipinski definition) is 1. The molecule has 23 heavy (non-hydrogen) atoms. The number of benzene rings is 1. The number of thiophene rings is 1. The van der Waals surface area contributed by atoms with Crippen LogP contribution in [0.2, 0.25) is 0 Å². The van der Waals surface area contributed by atoms with Crippen molar-refractivity contribution >= 4 is 33.6 Å². The van der Waals surface area contributed by atoms with Crippen LogP contribution in [0.15, 0.2) is 59.5 Å². The first-order chi connectivity index (χ1) is 11.2. The third-order valence-electron chi connectivity index (χ3n) is 3.25. The summed E-state index contributed by atoms with van der Waals surface area (Å²) in [5, 5.41) is 5.20. The highest BCUT2D eigenvalue weighted by Crippen LogP contribution is 2.29. The Kier molecular flexibility index (Phi) is 4.78. The predicted octanol–water partition coefficient (Wildman–Crippen LogP) is 4.65. The van der Waals surface area contributed by atoms with Gasteiger partial charge in [0.05, 0.1) is 5.39 Å². The van der Waals surface area contributed by atoms with E-state index >= 15 is 0 Å². The van der Waals surface area contributed by atoms with Gasteiger partial charge >= 0.3 is 0 Å². The summed E-state index contributed by atoms with van der Waals surface area (Å²) in [6.07, 6.45) is 6.16. The van der Waals surface area contributed by atoms with Crippen LogP contribution in [0.5, 0.6) is 0 Å². The molecule has 3 rings (SSSR count). The van der Waals surface area contributed by atoms with Crippen LogP contribution in [0.1, 0.15) is 24.3 Å². The van der Waals surface area contributed by atoms with E-state index in [1.807, 2.05) is 26.0 Å². The molecule has 0 aliphatic heterocycles. The molecule has 0 saturated carbocycles. The van der Waals surface area contributed by atoms with Gasteiger partial charge in [-0.15, -0.1) is 11.3 Å². The summed E-state index contributed by atoms with van der Waals surface area (Å²) in [7, 11) is 0. The van der Waals surface area contributed by atoms with Crippen molar-refractivity contribution in [1.29, 1.82) is 0 Å². The lowest BCUT2D eigenvalue weighted by Gasteiger charge is -1.99. The van der Waals surface area contributed by atoms with E-state index in [0.29, 0.717) is 0 Å². The summed E-state index contributed by atoms with van der Waals surface area (Å²) in [5.41, 5.74) is 5.49. The van der Waals surface area contributed by atoms with Crippen LogP contribution in [-0.2, 0) is 6.42 Å². The quantitative estimate of drug-likeness (QED) is 0.549. The molecule has 0 fully saturated rings. The summed E-state index contributed by atoms with van der Waals surface area (Å²) in [6, 6.07) is 12.6. The van der Waals surface area contributed by atoms with Gasteiger partial charge in [0.25, 0.3) is 0 Å². The Hall–Kier alpha value is -2.53. The molecular weight excluding hydrogens is 304 g/mol. The SMILES string of the molecule is CC(C)=C/C=N/Nc1ncnc2sc(Cc3ccccc3)cc12. The zero-order valence-electron chi connectivity index (χ0n) is 13.2. The normalized spacial score (nSPS) is 11.0. The first kappa shape index (κ1) is 15.4. The fourth-order valence-electron chi connectivity index (χ4n) is 2.16. The number of anilines is 1. The number of nitrogens with one attached hydrogen (secondary N) is 1. The molecule has 0 aliphatic rings. The Morgan fingerprint density at radius 1 is 1.22 bits per heavy atom. The van der Waals surface area contributed by atoms with Crippen molar-refractivity contribution in [1.82, 2.24) is 9.97 Å². The Bertz CT molecular complexity index is 846. The highest BCUT2D eigenvalue weighted by Gasteiger charge is 2.08. The fourth-order valence-corrected chi connectivity index (χ4v) is 3.19. The minimum atomic E-state index is 0.740. The molecule has 0 radical (unpaired) electrons. The number of fused-ring (bicyclic) bond motifs is 1. The van der Waals surface area contributed by atoms with Gasteiger partial charge in [0, 0.05) is 17.5 Å². The topological polar surface area (TPSA) is 50.2 Å². The van der Waals surface area contributed by atoms with Crippen molar-refractivity contribution in [2.24, 2.45) is 5.10 Å². The largest absolute Gasteiger partial charge is 0.261 e. The molecule has 116 valence electrons. The predicted molar refractivity (Wildman–Crippen MR) is 98.2 cm³/mol. The van der Waals surface area contributed by atoms with E-state index in [4.69, 9.17) is 0 Å². The first-order valence-electron chi connectivity index (χ1n) is 7.42. The highest BCUT2D eigenvalue weighted by atomic mass is 32.1. The van der Waals surface area contributed by atoms with E-state index < -0.39 is 0 Å². The third kappa shape index (κ3) is 4.02. The van der Waals surface area contributed by atoms with Gasteiger partial charge < -0.3 is 0 Å². The first-order valence-corrected chi connectivity index (χ1v) is 8.24. The van der Waals surface area contributed by atoms with Crippen molar-refractivity contribution in [3.8, 4) is 0 Å². The van der Waals surface area contributed by atoms with Gasteiger partial charge in [0.15, 0.2) is 5.82 Å². The second kappa shape index (κ2) is 7.15. The van der Waals surface area contributed by atoms with Crippen molar-refractivity contribution < 1.29 is 0 Å². The van der Waals surface area contributed by atoms with Crippen LogP contribution in [0.25, 0.3) is 10.2 Å². The standard InChI is InChI=1S/C18H18N4S/c1-13(2)8-9-21-22-17-16-11-15(23-18(16)20-12-19-17)10-14-6-4-3-5-7-14/h3-9,11-12H,10H2,1-2H3,(H,19,20,22)/b21-9+. The fraction of sp³-hybridized carbons (Fsp3) is 0.167. The number of aromatic nitrogens is 2. The maximum absolute atomic E-state index is 4.36. The van der Waals surface area contributed by atoms with Crippen molar-refractivity contribution in [2.75, 3.05) is 5.43 Å². The maximum Gasteiger partial charge on any atom is 0.158 e. The van der Waals surface area contributed by atoms with E-state index in [-0.39, 0.29) is 0 Å². The van der Waals surface area contributed by atoms with E-state index in [9.17, 15) is 0 Å². The van der Waals surface area contributed by atoms with Gasteiger partial charge in [-0.3, -0.25) is 5.43 Å². The Balaban J connectivity index is 1.83. The lowest BCUT2D eigenvalue weighted by Crippen LogP contribution is -1.93. The van der Waals surface area contributed by atoms with Crippen LogP contribution in [0.4, 0.5) is 5.82 Å². The van der Waals surface area contributed by atoms with Crippen LogP contribution < -0.4 is 5.43 Å². The van der Waals surface area contributed by atoms with Crippen LogP contribution in [0.3, 0.4) is 0 Å². The van der Waals surface area contributed by atoms with Crippen LogP contribution in [-0.4, -0.2) is 16.2 Å². The second-order valence-electron chi connectivity index (χ2n) is 5.45. The number of rotatable bonds is 5. The molecule has 0 aliphatic carbocycles. The monoisotopic (exact) mass is 322 g/mol. The molecule has 1 aromatic carbocycles. The molecule has 0 bridgehead atoms. The van der Waals surface area contributed by atoms with Gasteiger partial charge in [-0.05, 0) is 31.6 Å². The summed E-state index contributed by atoms with van der Waals surface area (Å²) in [6.45, 7) is 4.06. The Morgan fingerprint density at radius 2 is 2.04 bits per heavy atom. The zero-order chi connectivity index (χ0) is 16.1. The number of hydrogen-bond acceptors (Lipinski definition) is 5. The summed E-state index contributed by atoms with van der Waals surface area (Å²) in [4.78, 5) is 10.9. The molecule has 1 N–H and O–H groups in total. The average molecular weight is 322 g/mol. The van der Waals surface area contributed by atoms with E-state index in [2.05, 4.69) is 50.8 Å². The number of hydrazone groups is 1. The molecule has 4 nitrogen and oxygen atoms in total. The minimum Gasteiger partial charge on any atom is -0.261 e. The van der Waals surface area contributed by atoms with Gasteiger partial charge in [0.2, 0.25) is 0 Å². The molecule has 2 aromatic heterocycles. The molecular formula is C18H18N4S. The summed E-state index contributed by atoms with van der Waals surface area (Å²) in [5.74, 6) is 0.740. The smallest absolute Gasteiger partial charge is 0.158 e. The third-order valence-corrected chi connectivity index (χ3v) is 4.30. The molecule has 5 heteroatoms. The van der Waals surface area contributed by atoms with Crippen molar-refractivity contribution in [3.05, 3.63) is 64.8 Å². The van der Waals surface area contributed by atoms with E-state index in [1.165, 1.54) is 16.0 Å². The molecule has 0 atom stereocenters. The van der Waals surface area contributed by atoms with Gasteiger partial charge in [0.1, 0.15) is 11.2 Å². The van der Waals surface area contributed by atoms with Crippen molar-refractivity contribution in [2.45, 2.75) is 20.3 Å². The zero-order valence-corrected chi connectivity index (χ0v) is 14.0. The molecule has 2 heterocycles. The van der Waals surface area contributed by atoms with Gasteiger partial charge in [-0.25, -0.2) is 9.97 Å². The van der Waals surface area contributed by atoms with Gasteiger partial charge in [-0.1, -0.05) is 35.9 Å². The summed E-state index contributed by atoms with van der Waals surface area (Å²) < 4.78 is 0. The van der Waals surface area contributed by atoms with Crippen LogP contribution >= 0.6 is 11.3 Å². The summed E-state index contributed by atoms with van der Waals surface area (Å²) >= 11 is 1.70.